The number of halogens is 1. The van der Waals surface area contributed by atoms with Crippen LogP contribution in [-0.2, 0) is 0 Å². The quantitative estimate of drug-likeness (QED) is 0.825. The van der Waals surface area contributed by atoms with Crippen molar-refractivity contribution in [3.8, 4) is 5.75 Å². The van der Waals surface area contributed by atoms with Crippen molar-refractivity contribution in [2.75, 3.05) is 0 Å². The van der Waals surface area contributed by atoms with Gasteiger partial charge in [-0.25, -0.2) is 0 Å². The van der Waals surface area contributed by atoms with Crippen LogP contribution in [0.2, 0.25) is 0 Å². The fourth-order valence-corrected chi connectivity index (χ4v) is 2.93. The van der Waals surface area contributed by atoms with Crippen LogP contribution >= 0.6 is 15.9 Å². The van der Waals surface area contributed by atoms with E-state index in [1.807, 2.05) is 18.2 Å². The molecule has 0 saturated heterocycles. The zero-order valence-corrected chi connectivity index (χ0v) is 11.4. The second-order valence-electron chi connectivity index (χ2n) is 5.44. The molecule has 1 unspecified atom stereocenters. The average molecular weight is 295 g/mol. The zero-order chi connectivity index (χ0) is 12.0. The highest BCUT2D eigenvalue weighted by atomic mass is 79.9. The summed E-state index contributed by atoms with van der Waals surface area (Å²) in [4.78, 5) is 12.1. The van der Waals surface area contributed by atoms with E-state index < -0.39 is 0 Å². The molecule has 1 aliphatic heterocycles. The van der Waals surface area contributed by atoms with Gasteiger partial charge < -0.3 is 4.74 Å². The largest absolute Gasteiger partial charge is 0.486 e. The van der Waals surface area contributed by atoms with Crippen LogP contribution in [-0.4, -0.2) is 11.4 Å². The molecule has 2 nitrogen and oxygen atoms in total. The van der Waals surface area contributed by atoms with E-state index in [2.05, 4.69) is 22.9 Å². The van der Waals surface area contributed by atoms with E-state index in [1.165, 1.54) is 12.8 Å². The van der Waals surface area contributed by atoms with Crippen LogP contribution in [0, 0.1) is 5.92 Å². The molecule has 1 aromatic rings. The monoisotopic (exact) mass is 294 g/mol. The van der Waals surface area contributed by atoms with Crippen molar-refractivity contribution in [2.24, 2.45) is 5.92 Å². The molecule has 1 atom stereocenters. The molecule has 0 N–H and O–H groups in total. The maximum absolute atomic E-state index is 12.1. The Hall–Kier alpha value is -0.830. The Bertz CT molecular complexity index is 479. The Balaban J connectivity index is 1.92. The van der Waals surface area contributed by atoms with Crippen LogP contribution in [0.1, 0.15) is 43.0 Å². The van der Waals surface area contributed by atoms with Gasteiger partial charge in [0, 0.05) is 4.47 Å². The predicted molar refractivity (Wildman–Crippen MR) is 69.5 cm³/mol. The van der Waals surface area contributed by atoms with Gasteiger partial charge in [-0.1, -0.05) is 28.8 Å². The molecule has 3 heteroatoms. The number of rotatable bonds is 2. The van der Waals surface area contributed by atoms with Gasteiger partial charge in [0.05, 0.1) is 12.0 Å². The second-order valence-corrected chi connectivity index (χ2v) is 6.36. The number of ketones is 1. The summed E-state index contributed by atoms with van der Waals surface area (Å²) >= 11 is 3.42. The number of hydrogen-bond donors (Lipinski definition) is 0. The van der Waals surface area contributed by atoms with Crippen LogP contribution in [0.4, 0.5) is 0 Å². The lowest BCUT2D eigenvalue weighted by atomic mass is 9.87. The minimum Gasteiger partial charge on any atom is -0.486 e. The number of carbonyl (C=O) groups is 1. The highest BCUT2D eigenvalue weighted by Crippen LogP contribution is 2.43. The van der Waals surface area contributed by atoms with Crippen molar-refractivity contribution < 1.29 is 9.53 Å². The first-order valence-electron chi connectivity index (χ1n) is 6.07. The molecular weight excluding hydrogens is 280 g/mol. The van der Waals surface area contributed by atoms with Crippen molar-refractivity contribution in [1.29, 1.82) is 0 Å². The molecule has 1 saturated carbocycles. The summed E-state index contributed by atoms with van der Waals surface area (Å²) in [5.41, 5.74) is 0.424. The molecular formula is C14H15BrO2. The Labute approximate surface area is 109 Å². The standard InChI is InChI=1S/C14H15BrO2/c1-14(7-9-2-3-9)8-12(16)11-5-4-10(15)6-13(11)17-14/h4-6,9H,2-3,7-8H2,1H3. The fraction of sp³-hybridized carbons (Fsp3) is 0.500. The Morgan fingerprint density at radius 3 is 2.94 bits per heavy atom. The molecule has 2 aliphatic rings. The lowest BCUT2D eigenvalue weighted by molar-refractivity contribution is 0.0434. The molecule has 0 radical (unpaired) electrons. The normalized spacial score (nSPS) is 27.5. The van der Waals surface area contributed by atoms with Crippen LogP contribution < -0.4 is 4.74 Å². The van der Waals surface area contributed by atoms with Crippen molar-refractivity contribution in [3.05, 3.63) is 28.2 Å². The van der Waals surface area contributed by atoms with E-state index in [0.29, 0.717) is 6.42 Å². The third kappa shape index (κ3) is 2.25. The van der Waals surface area contributed by atoms with Crippen molar-refractivity contribution in [1.82, 2.24) is 0 Å². The summed E-state index contributed by atoms with van der Waals surface area (Å²) in [7, 11) is 0. The second kappa shape index (κ2) is 3.84. The number of benzene rings is 1. The molecule has 0 spiro atoms. The minimum absolute atomic E-state index is 0.210. The average Bonchev–Trinajstić information content (AvgIpc) is 2.99. The summed E-state index contributed by atoms with van der Waals surface area (Å²) in [5.74, 6) is 1.71. The first-order chi connectivity index (χ1) is 8.06. The van der Waals surface area contributed by atoms with Gasteiger partial charge in [0.2, 0.25) is 0 Å². The number of carbonyl (C=O) groups excluding carboxylic acids is 1. The summed E-state index contributed by atoms with van der Waals surface area (Å²) < 4.78 is 7.03. The van der Waals surface area contributed by atoms with Crippen molar-refractivity contribution in [3.63, 3.8) is 0 Å². The van der Waals surface area contributed by atoms with Gasteiger partial charge in [0.1, 0.15) is 11.4 Å². The van der Waals surface area contributed by atoms with E-state index in [-0.39, 0.29) is 11.4 Å². The number of fused-ring (bicyclic) bond motifs is 1. The van der Waals surface area contributed by atoms with Gasteiger partial charge in [-0.2, -0.15) is 0 Å². The van der Waals surface area contributed by atoms with Crippen LogP contribution in [0.3, 0.4) is 0 Å². The third-order valence-electron chi connectivity index (χ3n) is 3.55. The fourth-order valence-electron chi connectivity index (χ4n) is 2.59. The summed E-state index contributed by atoms with van der Waals surface area (Å²) in [5, 5.41) is 0. The molecule has 1 fully saturated rings. The molecule has 0 bridgehead atoms. The van der Waals surface area contributed by atoms with Gasteiger partial charge in [-0.3, -0.25) is 4.79 Å². The molecule has 3 rings (SSSR count). The van der Waals surface area contributed by atoms with Gasteiger partial charge in [0.25, 0.3) is 0 Å². The lowest BCUT2D eigenvalue weighted by Crippen LogP contribution is -2.39. The van der Waals surface area contributed by atoms with Crippen LogP contribution in [0.25, 0.3) is 0 Å². The first kappa shape index (κ1) is 11.3. The topological polar surface area (TPSA) is 26.3 Å². The molecule has 17 heavy (non-hydrogen) atoms. The smallest absolute Gasteiger partial charge is 0.170 e. The Morgan fingerprint density at radius 1 is 1.47 bits per heavy atom. The Morgan fingerprint density at radius 2 is 2.24 bits per heavy atom. The van der Waals surface area contributed by atoms with Gasteiger partial charge in [0.15, 0.2) is 5.78 Å². The third-order valence-corrected chi connectivity index (χ3v) is 4.05. The zero-order valence-electron chi connectivity index (χ0n) is 9.83. The molecule has 90 valence electrons. The molecule has 0 amide bonds. The molecule has 1 heterocycles. The van der Waals surface area contributed by atoms with Crippen LogP contribution in [0.15, 0.2) is 22.7 Å². The maximum atomic E-state index is 12.1. The molecule has 1 aliphatic carbocycles. The Kier molecular flexibility index (Phi) is 2.54. The number of hydrogen-bond acceptors (Lipinski definition) is 2. The van der Waals surface area contributed by atoms with Gasteiger partial charge in [-0.05, 0) is 37.5 Å². The number of ether oxygens (including phenoxy) is 1. The van der Waals surface area contributed by atoms with E-state index in [1.54, 1.807) is 0 Å². The predicted octanol–water partition coefficient (Wildman–Crippen LogP) is 3.97. The highest BCUT2D eigenvalue weighted by Gasteiger charge is 2.40. The molecule has 0 aromatic heterocycles. The summed E-state index contributed by atoms with van der Waals surface area (Å²) in [6.45, 7) is 2.06. The van der Waals surface area contributed by atoms with E-state index in [0.717, 1.165) is 28.1 Å². The summed E-state index contributed by atoms with van der Waals surface area (Å²) in [6.07, 6.45) is 4.10. The van der Waals surface area contributed by atoms with Gasteiger partial charge in [-0.15, -0.1) is 0 Å². The van der Waals surface area contributed by atoms with Gasteiger partial charge >= 0.3 is 0 Å². The maximum Gasteiger partial charge on any atom is 0.170 e. The van der Waals surface area contributed by atoms with Crippen molar-refractivity contribution >= 4 is 21.7 Å². The van der Waals surface area contributed by atoms with E-state index in [9.17, 15) is 4.79 Å². The highest BCUT2D eigenvalue weighted by molar-refractivity contribution is 9.10. The van der Waals surface area contributed by atoms with Crippen LogP contribution in [0.5, 0.6) is 5.75 Å². The summed E-state index contributed by atoms with van der Waals surface area (Å²) in [6, 6.07) is 5.64. The minimum atomic E-state index is -0.300. The molecule has 1 aromatic carbocycles. The SMILES string of the molecule is CC1(CC2CC2)CC(=O)c2ccc(Br)cc2O1. The first-order valence-corrected chi connectivity index (χ1v) is 6.87. The number of Topliss-reactive ketones (excluding diaryl/α,β-unsaturated/α-hetero) is 1. The lowest BCUT2D eigenvalue weighted by Gasteiger charge is -2.35. The van der Waals surface area contributed by atoms with E-state index in [4.69, 9.17) is 4.74 Å². The van der Waals surface area contributed by atoms with E-state index >= 15 is 0 Å². The van der Waals surface area contributed by atoms with Crippen molar-refractivity contribution in [2.45, 2.75) is 38.2 Å².